The number of aromatic nitrogens is 1. The van der Waals surface area contributed by atoms with Crippen LogP contribution in [0.5, 0.6) is 0 Å². The van der Waals surface area contributed by atoms with Crippen LogP contribution in [0.2, 0.25) is 0 Å². The number of benzene rings is 1. The van der Waals surface area contributed by atoms with Crippen LogP contribution in [0.4, 0.5) is 0 Å². The fraction of sp³-hybridized carbons (Fsp3) is 0.458. The Balaban J connectivity index is 2.12. The standard InChI is InChI=1S/C24H33N3S/c1-15(2)19-10-20(16(3)4)23(21(11-19)17(5)6)22-14-28-24(25)27(22)13-18-8-7-9-26-12-18/h7-12,14-17,24H,13,25H2,1-6H3. The van der Waals surface area contributed by atoms with Crippen molar-refractivity contribution in [3.63, 3.8) is 0 Å². The number of rotatable bonds is 6. The molecule has 2 N–H and O–H groups in total. The molecule has 1 atom stereocenters. The zero-order valence-corrected chi connectivity index (χ0v) is 18.8. The molecule has 0 saturated heterocycles. The predicted molar refractivity (Wildman–Crippen MR) is 122 cm³/mol. The third kappa shape index (κ3) is 4.28. The zero-order chi connectivity index (χ0) is 20.4. The van der Waals surface area contributed by atoms with Gasteiger partial charge in [0.15, 0.2) is 0 Å². The van der Waals surface area contributed by atoms with E-state index in [2.05, 4.69) is 75.0 Å². The van der Waals surface area contributed by atoms with E-state index in [4.69, 9.17) is 5.73 Å². The van der Waals surface area contributed by atoms with Crippen molar-refractivity contribution in [2.24, 2.45) is 5.73 Å². The summed E-state index contributed by atoms with van der Waals surface area (Å²) in [4.78, 5) is 6.60. The van der Waals surface area contributed by atoms with Crippen molar-refractivity contribution in [2.45, 2.75) is 71.3 Å². The highest BCUT2D eigenvalue weighted by Gasteiger charge is 2.29. The number of nitrogens with two attached hydrogens (primary N) is 1. The van der Waals surface area contributed by atoms with Crippen LogP contribution >= 0.6 is 11.8 Å². The molecule has 0 amide bonds. The molecule has 1 aliphatic rings. The molecule has 1 aromatic heterocycles. The van der Waals surface area contributed by atoms with Crippen molar-refractivity contribution in [3.05, 3.63) is 69.9 Å². The first-order chi connectivity index (χ1) is 13.3. The molecule has 0 saturated carbocycles. The Labute approximate surface area is 174 Å². The van der Waals surface area contributed by atoms with Gasteiger partial charge >= 0.3 is 0 Å². The largest absolute Gasteiger partial charge is 0.342 e. The van der Waals surface area contributed by atoms with E-state index in [0.717, 1.165) is 6.54 Å². The summed E-state index contributed by atoms with van der Waals surface area (Å²) in [5.74, 6) is 1.42. The quantitative estimate of drug-likeness (QED) is 0.628. The summed E-state index contributed by atoms with van der Waals surface area (Å²) in [6.45, 7) is 14.5. The molecule has 28 heavy (non-hydrogen) atoms. The Morgan fingerprint density at radius 3 is 2.18 bits per heavy atom. The van der Waals surface area contributed by atoms with Crippen LogP contribution in [-0.2, 0) is 6.54 Å². The lowest BCUT2D eigenvalue weighted by atomic mass is 9.83. The molecule has 0 radical (unpaired) electrons. The van der Waals surface area contributed by atoms with Gasteiger partial charge in [-0.15, -0.1) is 0 Å². The van der Waals surface area contributed by atoms with E-state index in [1.165, 1.54) is 33.5 Å². The molecule has 2 heterocycles. The van der Waals surface area contributed by atoms with Gasteiger partial charge in [0.2, 0.25) is 0 Å². The lowest BCUT2D eigenvalue weighted by molar-refractivity contribution is 0.379. The van der Waals surface area contributed by atoms with E-state index in [1.807, 2.05) is 18.5 Å². The zero-order valence-electron chi connectivity index (χ0n) is 17.9. The molecule has 0 fully saturated rings. The van der Waals surface area contributed by atoms with Gasteiger partial charge in [0.1, 0.15) is 5.50 Å². The third-order valence-electron chi connectivity index (χ3n) is 5.40. The molecular formula is C24H33N3S. The number of hydrogen-bond donors (Lipinski definition) is 1. The van der Waals surface area contributed by atoms with Crippen LogP contribution in [0.1, 0.15) is 87.1 Å². The van der Waals surface area contributed by atoms with E-state index in [1.54, 1.807) is 11.8 Å². The molecular weight excluding hydrogens is 362 g/mol. The normalized spacial score (nSPS) is 17.1. The molecule has 1 aromatic carbocycles. The monoisotopic (exact) mass is 395 g/mol. The maximum atomic E-state index is 6.50. The summed E-state index contributed by atoms with van der Waals surface area (Å²) in [5, 5.41) is 2.25. The number of pyridine rings is 1. The first-order valence-corrected chi connectivity index (χ1v) is 11.2. The molecule has 2 aromatic rings. The molecule has 4 heteroatoms. The maximum absolute atomic E-state index is 6.50. The molecule has 3 rings (SSSR count). The van der Waals surface area contributed by atoms with E-state index in [-0.39, 0.29) is 5.50 Å². The summed E-state index contributed by atoms with van der Waals surface area (Å²) in [6.07, 6.45) is 3.75. The molecule has 150 valence electrons. The van der Waals surface area contributed by atoms with Crippen LogP contribution in [0.25, 0.3) is 5.70 Å². The Bertz CT molecular complexity index is 811. The van der Waals surface area contributed by atoms with E-state index >= 15 is 0 Å². The first-order valence-electron chi connectivity index (χ1n) is 10.2. The summed E-state index contributed by atoms with van der Waals surface area (Å²) >= 11 is 1.70. The maximum Gasteiger partial charge on any atom is 0.130 e. The molecule has 0 spiro atoms. The molecule has 3 nitrogen and oxygen atoms in total. The van der Waals surface area contributed by atoms with E-state index in [0.29, 0.717) is 17.8 Å². The average Bonchev–Trinajstić information content (AvgIpc) is 3.01. The van der Waals surface area contributed by atoms with Gasteiger partial charge in [0.25, 0.3) is 0 Å². The third-order valence-corrected chi connectivity index (χ3v) is 6.29. The summed E-state index contributed by atoms with van der Waals surface area (Å²) in [6, 6.07) is 8.93. The number of hydrogen-bond acceptors (Lipinski definition) is 4. The molecule has 1 aliphatic heterocycles. The average molecular weight is 396 g/mol. The fourth-order valence-electron chi connectivity index (χ4n) is 3.73. The summed E-state index contributed by atoms with van der Waals surface area (Å²) < 4.78 is 0. The predicted octanol–water partition coefficient (Wildman–Crippen LogP) is 6.24. The Kier molecular flexibility index (Phi) is 6.51. The van der Waals surface area contributed by atoms with Crippen LogP contribution in [-0.4, -0.2) is 15.4 Å². The van der Waals surface area contributed by atoms with Gasteiger partial charge in [-0.25, -0.2) is 0 Å². The Hall–Kier alpha value is -1.78. The highest BCUT2D eigenvalue weighted by atomic mass is 32.2. The summed E-state index contributed by atoms with van der Waals surface area (Å²) in [7, 11) is 0. The van der Waals surface area contributed by atoms with Crippen molar-refractivity contribution < 1.29 is 0 Å². The second-order valence-electron chi connectivity index (χ2n) is 8.56. The number of thioether (sulfide) groups is 1. The lowest BCUT2D eigenvalue weighted by Crippen LogP contribution is -2.34. The van der Waals surface area contributed by atoms with Gasteiger partial charge in [0, 0.05) is 24.5 Å². The first kappa shape index (κ1) is 20.9. The topological polar surface area (TPSA) is 42.1 Å². The van der Waals surface area contributed by atoms with Crippen molar-refractivity contribution >= 4 is 17.5 Å². The minimum atomic E-state index is -0.0694. The second-order valence-corrected chi connectivity index (χ2v) is 9.55. The molecule has 1 unspecified atom stereocenters. The van der Waals surface area contributed by atoms with E-state index < -0.39 is 0 Å². The fourth-order valence-corrected chi connectivity index (χ4v) is 4.59. The van der Waals surface area contributed by atoms with Gasteiger partial charge in [-0.3, -0.25) is 4.98 Å². The highest BCUT2D eigenvalue weighted by molar-refractivity contribution is 8.03. The van der Waals surface area contributed by atoms with Gasteiger partial charge in [-0.2, -0.15) is 0 Å². The molecule has 0 bridgehead atoms. The van der Waals surface area contributed by atoms with Crippen molar-refractivity contribution in [2.75, 3.05) is 0 Å². The highest BCUT2D eigenvalue weighted by Crippen LogP contribution is 2.43. The van der Waals surface area contributed by atoms with E-state index in [9.17, 15) is 0 Å². The van der Waals surface area contributed by atoms with Crippen LogP contribution < -0.4 is 5.73 Å². The smallest absolute Gasteiger partial charge is 0.130 e. The Morgan fingerprint density at radius 2 is 1.68 bits per heavy atom. The van der Waals surface area contributed by atoms with Gasteiger partial charge in [-0.05, 0) is 51.5 Å². The van der Waals surface area contributed by atoms with Crippen molar-refractivity contribution in [1.82, 2.24) is 9.88 Å². The minimum Gasteiger partial charge on any atom is -0.342 e. The number of nitrogens with zero attached hydrogens (tertiary/aromatic N) is 2. The Morgan fingerprint density at radius 1 is 1.04 bits per heavy atom. The SMILES string of the molecule is CC(C)c1cc(C(C)C)c(C2=CSC(N)N2Cc2cccnc2)c(C(C)C)c1. The van der Waals surface area contributed by atoms with Gasteiger partial charge in [0.05, 0.1) is 5.70 Å². The minimum absolute atomic E-state index is 0.0694. The molecule has 0 aliphatic carbocycles. The van der Waals surface area contributed by atoms with Crippen molar-refractivity contribution in [3.8, 4) is 0 Å². The van der Waals surface area contributed by atoms with Crippen LogP contribution in [0, 0.1) is 0 Å². The van der Waals surface area contributed by atoms with Crippen LogP contribution in [0.3, 0.4) is 0 Å². The summed E-state index contributed by atoms with van der Waals surface area (Å²) in [5.41, 5.74) is 14.5. The van der Waals surface area contributed by atoms with Crippen LogP contribution in [0.15, 0.2) is 42.1 Å². The lowest BCUT2D eigenvalue weighted by Gasteiger charge is -2.31. The van der Waals surface area contributed by atoms with Gasteiger partial charge in [-0.1, -0.05) is 71.5 Å². The van der Waals surface area contributed by atoms with Crippen molar-refractivity contribution in [1.29, 1.82) is 0 Å². The second kappa shape index (κ2) is 8.71. The van der Waals surface area contributed by atoms with Gasteiger partial charge < -0.3 is 10.6 Å².